The summed E-state index contributed by atoms with van der Waals surface area (Å²) in [7, 11) is 1.53. The van der Waals surface area contributed by atoms with Gasteiger partial charge in [-0.1, -0.05) is 41.7 Å². The smallest absolute Gasteiger partial charge is 0.435 e. The second-order valence-electron chi connectivity index (χ2n) is 5.93. The summed E-state index contributed by atoms with van der Waals surface area (Å²) < 4.78 is 46.2. The molecule has 0 amide bonds. The van der Waals surface area contributed by atoms with E-state index in [4.69, 9.17) is 4.74 Å². The molecule has 8 heteroatoms. The van der Waals surface area contributed by atoms with E-state index >= 15 is 0 Å². The number of benzene rings is 2. The summed E-state index contributed by atoms with van der Waals surface area (Å²) in [5, 5.41) is 4.15. The van der Waals surface area contributed by atoms with Crippen LogP contribution in [0.5, 0.6) is 5.75 Å². The maximum atomic E-state index is 13.3. The van der Waals surface area contributed by atoms with Crippen LogP contribution >= 0.6 is 11.3 Å². The van der Waals surface area contributed by atoms with Crippen molar-refractivity contribution in [3.63, 3.8) is 0 Å². The van der Waals surface area contributed by atoms with E-state index < -0.39 is 11.9 Å². The van der Waals surface area contributed by atoms with Gasteiger partial charge in [0.05, 0.1) is 17.7 Å². The first-order chi connectivity index (χ1) is 13.5. The van der Waals surface area contributed by atoms with Gasteiger partial charge in [-0.25, -0.2) is 9.67 Å². The molecular formula is C20H14F3N3OS. The lowest BCUT2D eigenvalue weighted by Crippen LogP contribution is -2.07. The average Bonchev–Trinajstić information content (AvgIpc) is 3.36. The predicted octanol–water partition coefficient (Wildman–Crippen LogP) is 5.69. The molecule has 2 heterocycles. The van der Waals surface area contributed by atoms with Gasteiger partial charge in [-0.3, -0.25) is 0 Å². The van der Waals surface area contributed by atoms with Crippen LogP contribution in [0.4, 0.5) is 13.2 Å². The highest BCUT2D eigenvalue weighted by atomic mass is 32.1. The molecule has 0 aliphatic rings. The molecule has 4 nitrogen and oxygen atoms in total. The molecule has 142 valence electrons. The zero-order valence-electron chi connectivity index (χ0n) is 14.6. The van der Waals surface area contributed by atoms with Gasteiger partial charge in [0.2, 0.25) is 5.13 Å². The molecule has 0 atom stereocenters. The Labute approximate surface area is 162 Å². The van der Waals surface area contributed by atoms with E-state index in [0.717, 1.165) is 16.5 Å². The maximum Gasteiger partial charge on any atom is 0.435 e. The molecule has 0 saturated carbocycles. The molecule has 0 bridgehead atoms. The van der Waals surface area contributed by atoms with E-state index in [-0.39, 0.29) is 0 Å². The standard InChI is InChI=1S/C20H14F3N3OS/c1-27-15-9-7-13(8-10-15)16-11-18(20(21,22)23)25-26(16)19-24-12-17(28-19)14-5-3-2-4-6-14/h2-12H,1H3. The summed E-state index contributed by atoms with van der Waals surface area (Å²) in [5.74, 6) is 0.617. The number of rotatable bonds is 4. The Hall–Kier alpha value is -3.13. The SMILES string of the molecule is COc1ccc(-c2cc(C(F)(F)F)nn2-c2ncc(-c3ccccc3)s2)cc1. The van der Waals surface area contributed by atoms with Gasteiger partial charge in [0.25, 0.3) is 0 Å². The van der Waals surface area contributed by atoms with E-state index in [1.165, 1.54) is 23.1 Å². The highest BCUT2D eigenvalue weighted by molar-refractivity contribution is 7.17. The summed E-state index contributed by atoms with van der Waals surface area (Å²) in [6.07, 6.45) is -2.91. The van der Waals surface area contributed by atoms with E-state index in [0.29, 0.717) is 22.1 Å². The number of aromatic nitrogens is 3. The number of hydrogen-bond donors (Lipinski definition) is 0. The Kier molecular flexibility index (Phi) is 4.64. The van der Waals surface area contributed by atoms with Gasteiger partial charge in [-0.15, -0.1) is 0 Å². The first-order valence-corrected chi connectivity index (χ1v) is 9.10. The Balaban J connectivity index is 1.81. The van der Waals surface area contributed by atoms with E-state index in [1.807, 2.05) is 30.3 Å². The summed E-state index contributed by atoms with van der Waals surface area (Å²) in [6.45, 7) is 0. The van der Waals surface area contributed by atoms with Gasteiger partial charge in [0.15, 0.2) is 5.69 Å². The Morgan fingerprint density at radius 3 is 2.32 bits per heavy atom. The van der Waals surface area contributed by atoms with Crippen LogP contribution in [0.15, 0.2) is 66.9 Å². The van der Waals surface area contributed by atoms with Gasteiger partial charge in [0.1, 0.15) is 5.75 Å². The zero-order valence-corrected chi connectivity index (χ0v) is 15.5. The number of halogens is 3. The minimum Gasteiger partial charge on any atom is -0.497 e. The van der Waals surface area contributed by atoms with Crippen LogP contribution < -0.4 is 4.74 Å². The number of alkyl halides is 3. The Morgan fingerprint density at radius 1 is 0.964 bits per heavy atom. The number of methoxy groups -OCH3 is 1. The molecule has 0 unspecified atom stereocenters. The fraction of sp³-hybridized carbons (Fsp3) is 0.100. The molecule has 0 N–H and O–H groups in total. The van der Waals surface area contributed by atoms with Crippen molar-refractivity contribution in [3.05, 3.63) is 72.6 Å². The molecule has 0 aliphatic heterocycles. The molecular weight excluding hydrogens is 387 g/mol. The first-order valence-electron chi connectivity index (χ1n) is 8.29. The second kappa shape index (κ2) is 7.12. The van der Waals surface area contributed by atoms with Crippen molar-refractivity contribution in [3.8, 4) is 32.6 Å². The third-order valence-corrected chi connectivity index (χ3v) is 5.14. The van der Waals surface area contributed by atoms with E-state index in [1.54, 1.807) is 30.5 Å². The Morgan fingerprint density at radius 2 is 1.68 bits per heavy atom. The quantitative estimate of drug-likeness (QED) is 0.441. The highest BCUT2D eigenvalue weighted by Crippen LogP contribution is 2.35. The van der Waals surface area contributed by atoms with Crippen molar-refractivity contribution >= 4 is 11.3 Å². The molecule has 28 heavy (non-hydrogen) atoms. The lowest BCUT2D eigenvalue weighted by atomic mass is 10.1. The molecule has 0 fully saturated rings. The van der Waals surface area contributed by atoms with Crippen molar-refractivity contribution in [2.75, 3.05) is 7.11 Å². The number of nitrogens with zero attached hydrogens (tertiary/aromatic N) is 3. The topological polar surface area (TPSA) is 39.9 Å². The van der Waals surface area contributed by atoms with Gasteiger partial charge < -0.3 is 4.74 Å². The van der Waals surface area contributed by atoms with Crippen LogP contribution in [0.3, 0.4) is 0 Å². The van der Waals surface area contributed by atoms with Crippen LogP contribution in [0.25, 0.3) is 26.8 Å². The molecule has 2 aromatic heterocycles. The lowest BCUT2D eigenvalue weighted by molar-refractivity contribution is -0.141. The monoisotopic (exact) mass is 401 g/mol. The van der Waals surface area contributed by atoms with Gasteiger partial charge in [-0.05, 0) is 35.9 Å². The van der Waals surface area contributed by atoms with Crippen molar-refractivity contribution in [2.45, 2.75) is 6.18 Å². The third-order valence-electron chi connectivity index (χ3n) is 4.12. The van der Waals surface area contributed by atoms with Crippen molar-refractivity contribution in [1.82, 2.24) is 14.8 Å². The number of ether oxygens (including phenoxy) is 1. The lowest BCUT2D eigenvalue weighted by Gasteiger charge is -2.05. The molecule has 0 aliphatic carbocycles. The minimum atomic E-state index is -4.55. The summed E-state index contributed by atoms with van der Waals surface area (Å²) in [5.41, 5.74) is 0.874. The predicted molar refractivity (Wildman–Crippen MR) is 102 cm³/mol. The first kappa shape index (κ1) is 18.2. The van der Waals surface area contributed by atoms with Crippen LogP contribution in [0.2, 0.25) is 0 Å². The van der Waals surface area contributed by atoms with Crippen LogP contribution in [-0.2, 0) is 6.18 Å². The van der Waals surface area contributed by atoms with Gasteiger partial charge in [0, 0.05) is 11.8 Å². The normalized spacial score (nSPS) is 11.6. The van der Waals surface area contributed by atoms with Gasteiger partial charge in [-0.2, -0.15) is 18.3 Å². The highest BCUT2D eigenvalue weighted by Gasteiger charge is 2.35. The summed E-state index contributed by atoms with van der Waals surface area (Å²) in [4.78, 5) is 5.15. The van der Waals surface area contributed by atoms with Crippen molar-refractivity contribution in [1.29, 1.82) is 0 Å². The molecule has 0 radical (unpaired) electrons. The van der Waals surface area contributed by atoms with Crippen LogP contribution in [0, 0.1) is 0 Å². The summed E-state index contributed by atoms with van der Waals surface area (Å²) in [6, 6.07) is 17.3. The summed E-state index contributed by atoms with van der Waals surface area (Å²) >= 11 is 1.28. The Bertz CT molecular complexity index is 1090. The fourth-order valence-corrected chi connectivity index (χ4v) is 3.62. The molecule has 4 aromatic rings. The van der Waals surface area contributed by atoms with E-state index in [9.17, 15) is 13.2 Å². The average molecular weight is 401 g/mol. The van der Waals surface area contributed by atoms with Crippen LogP contribution in [-0.4, -0.2) is 21.9 Å². The molecule has 2 aromatic carbocycles. The minimum absolute atomic E-state index is 0.309. The molecule has 0 spiro atoms. The zero-order chi connectivity index (χ0) is 19.7. The van der Waals surface area contributed by atoms with E-state index in [2.05, 4.69) is 10.1 Å². The molecule has 4 rings (SSSR count). The maximum absolute atomic E-state index is 13.3. The molecule has 0 saturated heterocycles. The second-order valence-corrected chi connectivity index (χ2v) is 6.94. The largest absolute Gasteiger partial charge is 0.497 e. The third kappa shape index (κ3) is 3.50. The van der Waals surface area contributed by atoms with Crippen LogP contribution in [0.1, 0.15) is 5.69 Å². The fourth-order valence-electron chi connectivity index (χ4n) is 2.73. The van der Waals surface area contributed by atoms with Crippen molar-refractivity contribution in [2.24, 2.45) is 0 Å². The number of thiazole rings is 1. The van der Waals surface area contributed by atoms with Gasteiger partial charge >= 0.3 is 6.18 Å². The number of hydrogen-bond acceptors (Lipinski definition) is 4. The van der Waals surface area contributed by atoms with Crippen molar-refractivity contribution < 1.29 is 17.9 Å².